The quantitative estimate of drug-likeness (QED) is 0.444. The van der Waals surface area contributed by atoms with Crippen molar-refractivity contribution in [2.24, 2.45) is 5.73 Å². The van der Waals surface area contributed by atoms with E-state index in [2.05, 4.69) is 52.0 Å². The van der Waals surface area contributed by atoms with Gasteiger partial charge in [0.1, 0.15) is 0 Å². The molecule has 0 aliphatic heterocycles. The van der Waals surface area contributed by atoms with Gasteiger partial charge in [0.2, 0.25) is 9.05 Å². The molecule has 2 aromatic carbocycles. The van der Waals surface area contributed by atoms with Crippen molar-refractivity contribution in [2.45, 2.75) is 20.0 Å². The molecule has 164 valence electrons. The Balaban J connectivity index is 0.000000448. The van der Waals surface area contributed by atoms with Crippen molar-refractivity contribution in [1.29, 1.82) is 0 Å². The van der Waals surface area contributed by atoms with Gasteiger partial charge in [-0.15, -0.1) is 0 Å². The highest BCUT2D eigenvalue weighted by Gasteiger charge is 2.04. The van der Waals surface area contributed by atoms with Crippen LogP contribution in [0, 0.1) is 0 Å². The van der Waals surface area contributed by atoms with Gasteiger partial charge in [0, 0.05) is 39.8 Å². The molecule has 2 rings (SSSR count). The van der Waals surface area contributed by atoms with Crippen molar-refractivity contribution in [3.63, 3.8) is 0 Å². The maximum absolute atomic E-state index is 11.0. The van der Waals surface area contributed by atoms with Crippen molar-refractivity contribution in [1.82, 2.24) is 9.44 Å². The first kappa shape index (κ1) is 28.5. The molecule has 0 aliphatic rings. The van der Waals surface area contributed by atoms with Crippen LogP contribution >= 0.6 is 42.5 Å². The molecule has 0 spiro atoms. The molecular weight excluding hydrogens is 570 g/mol. The molecule has 0 atom stereocenters. The average Bonchev–Trinajstić information content (AvgIpc) is 2.67. The molecular formula is C17H24Br2ClN3O4S2. The second kappa shape index (κ2) is 14.5. The predicted molar refractivity (Wildman–Crippen MR) is 126 cm³/mol. The second-order valence-corrected chi connectivity index (χ2v) is 11.9. The van der Waals surface area contributed by atoms with E-state index in [0.29, 0.717) is 6.54 Å². The fourth-order valence-corrected chi connectivity index (χ4v) is 2.96. The minimum Gasteiger partial charge on any atom is -0.326 e. The zero-order chi connectivity index (χ0) is 22.5. The zero-order valence-corrected chi connectivity index (χ0v) is 21.5. The molecule has 0 fully saturated rings. The van der Waals surface area contributed by atoms with E-state index in [9.17, 15) is 16.8 Å². The Morgan fingerprint density at radius 1 is 0.966 bits per heavy atom. The smallest absolute Gasteiger partial charge is 0.276 e. The average molecular weight is 594 g/mol. The summed E-state index contributed by atoms with van der Waals surface area (Å²) in [5.74, 6) is 0.00849. The summed E-state index contributed by atoms with van der Waals surface area (Å²) < 4.78 is 48.2. The summed E-state index contributed by atoms with van der Waals surface area (Å²) in [5.41, 5.74) is 7.46. The Labute approximate surface area is 194 Å². The fourth-order valence-electron chi connectivity index (χ4n) is 1.56. The van der Waals surface area contributed by atoms with Crippen molar-refractivity contribution in [2.75, 3.05) is 12.8 Å². The van der Waals surface area contributed by atoms with Crippen LogP contribution in [0.2, 0.25) is 0 Å². The Morgan fingerprint density at radius 2 is 1.41 bits per heavy atom. The van der Waals surface area contributed by atoms with Crippen LogP contribution < -0.4 is 15.2 Å². The number of hydrogen-bond donors (Lipinski definition) is 3. The normalized spacial score (nSPS) is 11.0. The number of nitrogens with two attached hydrogens (primary N) is 1. The largest absolute Gasteiger partial charge is 0.326 e. The molecule has 0 aliphatic carbocycles. The third-order valence-corrected chi connectivity index (χ3v) is 6.49. The molecule has 0 amide bonds. The Morgan fingerprint density at radius 3 is 1.76 bits per heavy atom. The van der Waals surface area contributed by atoms with Crippen molar-refractivity contribution < 1.29 is 16.8 Å². The van der Waals surface area contributed by atoms with Crippen molar-refractivity contribution in [3.8, 4) is 0 Å². The summed E-state index contributed by atoms with van der Waals surface area (Å²) in [6.45, 7) is 2.38. The van der Waals surface area contributed by atoms with Crippen LogP contribution in [0.25, 0.3) is 0 Å². The standard InChI is InChI=1S/C8H11BrN2O2S.C7H8BrN.C2H5ClO2S/c1-10-14(12,13)11-6-7-3-2-4-8(9)5-7;8-7-3-1-2-6(4-7)5-9;1-2-6(3,4)5/h2-5,10-11H,6H2,1H3;1-4H,5,9H2;2H2,1H3. The number of rotatable bonds is 6. The van der Waals surface area contributed by atoms with Crippen LogP contribution in [-0.2, 0) is 32.3 Å². The second-order valence-electron chi connectivity index (χ2n) is 5.32. The first-order chi connectivity index (χ1) is 13.4. The van der Waals surface area contributed by atoms with Crippen LogP contribution in [0.3, 0.4) is 0 Å². The van der Waals surface area contributed by atoms with E-state index < -0.39 is 19.3 Å². The van der Waals surface area contributed by atoms with E-state index in [1.54, 1.807) is 0 Å². The van der Waals surface area contributed by atoms with Crippen LogP contribution in [-0.4, -0.2) is 29.6 Å². The maximum Gasteiger partial charge on any atom is 0.276 e. The summed E-state index contributed by atoms with van der Waals surface area (Å²) in [6, 6.07) is 15.4. The molecule has 0 unspecified atom stereocenters. The van der Waals surface area contributed by atoms with E-state index >= 15 is 0 Å². The van der Waals surface area contributed by atoms with Crippen LogP contribution in [0.4, 0.5) is 0 Å². The number of halogens is 3. The first-order valence-electron chi connectivity index (χ1n) is 8.21. The van der Waals surface area contributed by atoms with E-state index in [1.807, 2.05) is 48.5 Å². The highest BCUT2D eigenvalue weighted by atomic mass is 79.9. The van der Waals surface area contributed by atoms with Gasteiger partial charge in [-0.3, -0.25) is 0 Å². The number of benzene rings is 2. The maximum atomic E-state index is 11.0. The monoisotopic (exact) mass is 591 g/mol. The molecule has 0 radical (unpaired) electrons. The predicted octanol–water partition coefficient (Wildman–Crippen LogP) is 3.49. The lowest BCUT2D eigenvalue weighted by Crippen LogP contribution is -2.33. The van der Waals surface area contributed by atoms with Crippen molar-refractivity contribution in [3.05, 3.63) is 68.6 Å². The topological polar surface area (TPSA) is 118 Å². The number of hydrogen-bond acceptors (Lipinski definition) is 5. The van der Waals surface area contributed by atoms with Crippen LogP contribution in [0.5, 0.6) is 0 Å². The Kier molecular flexibility index (Phi) is 14.2. The van der Waals surface area contributed by atoms with Gasteiger partial charge in [0.25, 0.3) is 10.2 Å². The lowest BCUT2D eigenvalue weighted by molar-refractivity contribution is 0.573. The molecule has 0 saturated carbocycles. The van der Waals surface area contributed by atoms with Crippen LogP contribution in [0.1, 0.15) is 18.1 Å². The van der Waals surface area contributed by atoms with E-state index in [4.69, 9.17) is 5.73 Å². The molecule has 4 N–H and O–H groups in total. The minimum atomic E-state index is -3.35. The molecule has 0 heterocycles. The van der Waals surface area contributed by atoms with E-state index in [-0.39, 0.29) is 12.3 Å². The van der Waals surface area contributed by atoms with Gasteiger partial charge in [0.05, 0.1) is 5.75 Å². The van der Waals surface area contributed by atoms with Gasteiger partial charge in [-0.1, -0.05) is 63.0 Å². The molecule has 12 heteroatoms. The first-order valence-corrected chi connectivity index (χ1v) is 13.8. The molecule has 29 heavy (non-hydrogen) atoms. The summed E-state index contributed by atoms with van der Waals surface area (Å²) in [4.78, 5) is 0. The van der Waals surface area contributed by atoms with Crippen LogP contribution in [0.15, 0.2) is 57.5 Å². The van der Waals surface area contributed by atoms with Gasteiger partial charge in [-0.25, -0.2) is 13.1 Å². The molecule has 0 bridgehead atoms. The summed E-state index contributed by atoms with van der Waals surface area (Å²) in [5, 5.41) is 0. The lowest BCUT2D eigenvalue weighted by atomic mass is 10.2. The van der Waals surface area contributed by atoms with Gasteiger partial charge in [0.15, 0.2) is 0 Å². The third-order valence-electron chi connectivity index (χ3n) is 3.09. The van der Waals surface area contributed by atoms with E-state index in [0.717, 1.165) is 20.1 Å². The highest BCUT2D eigenvalue weighted by molar-refractivity contribution is 9.10. The minimum absolute atomic E-state index is 0.00849. The van der Waals surface area contributed by atoms with E-state index in [1.165, 1.54) is 14.0 Å². The van der Waals surface area contributed by atoms with Gasteiger partial charge in [-0.05, 0) is 35.4 Å². The summed E-state index contributed by atoms with van der Waals surface area (Å²) in [6.07, 6.45) is 0. The molecule has 2 aromatic rings. The molecule has 7 nitrogen and oxygen atoms in total. The van der Waals surface area contributed by atoms with Gasteiger partial charge < -0.3 is 5.73 Å². The molecule has 0 saturated heterocycles. The summed E-state index contributed by atoms with van der Waals surface area (Å²) >= 11 is 6.65. The Hall–Kier alpha value is -0.530. The summed E-state index contributed by atoms with van der Waals surface area (Å²) in [7, 11) is -0.482. The fraction of sp³-hybridized carbons (Fsp3) is 0.294. The van der Waals surface area contributed by atoms with Crippen molar-refractivity contribution >= 4 is 61.8 Å². The lowest BCUT2D eigenvalue weighted by Gasteiger charge is -2.04. The zero-order valence-electron chi connectivity index (χ0n) is 15.9. The molecule has 0 aromatic heterocycles. The SMILES string of the molecule is CCS(=O)(=O)Cl.CNS(=O)(=O)NCc1cccc(Br)c1.NCc1cccc(Br)c1. The Bertz CT molecular complexity index is 959. The number of nitrogens with one attached hydrogen (secondary N) is 2. The van der Waals surface area contributed by atoms with Gasteiger partial charge >= 0.3 is 0 Å². The highest BCUT2D eigenvalue weighted by Crippen LogP contribution is 2.11. The van der Waals surface area contributed by atoms with Gasteiger partial charge in [-0.2, -0.15) is 13.1 Å². The third kappa shape index (κ3) is 15.9.